The maximum Gasteiger partial charge on any atom is 0.0406 e. The van der Waals surface area contributed by atoms with E-state index in [0.29, 0.717) is 0 Å². The molecule has 0 radical (unpaired) electrons. The zero-order valence-corrected chi connectivity index (χ0v) is 13.8. The summed E-state index contributed by atoms with van der Waals surface area (Å²) in [5.74, 6) is 0. The Hall–Kier alpha value is -0.570. The molecule has 1 N–H and O–H groups in total. The topological polar surface area (TPSA) is 15.3 Å². The average molecular weight is 307 g/mol. The van der Waals surface area contributed by atoms with Crippen LogP contribution in [0.1, 0.15) is 51.0 Å². The molecular formula is C18H27ClN2. The Labute approximate surface area is 133 Å². The highest BCUT2D eigenvalue weighted by atomic mass is 35.5. The lowest BCUT2D eigenvalue weighted by Crippen LogP contribution is -2.55. The second-order valence-electron chi connectivity index (χ2n) is 6.66. The van der Waals surface area contributed by atoms with Crippen molar-refractivity contribution < 1.29 is 0 Å². The summed E-state index contributed by atoms with van der Waals surface area (Å²) in [6.45, 7) is 4.51. The van der Waals surface area contributed by atoms with Crippen LogP contribution in [-0.4, -0.2) is 29.6 Å². The molecule has 2 fully saturated rings. The van der Waals surface area contributed by atoms with E-state index in [9.17, 15) is 0 Å². The Morgan fingerprint density at radius 3 is 2.43 bits per heavy atom. The first-order valence-electron chi connectivity index (χ1n) is 8.50. The first-order chi connectivity index (χ1) is 10.3. The summed E-state index contributed by atoms with van der Waals surface area (Å²) in [5.41, 5.74) is 1.40. The summed E-state index contributed by atoms with van der Waals surface area (Å²) in [5, 5.41) is 4.58. The molecule has 0 aromatic heterocycles. The van der Waals surface area contributed by atoms with Crippen LogP contribution in [0.15, 0.2) is 24.3 Å². The summed E-state index contributed by atoms with van der Waals surface area (Å²) in [7, 11) is 0. The number of hydrogen-bond acceptors (Lipinski definition) is 2. The lowest BCUT2D eigenvalue weighted by Gasteiger charge is -2.49. The van der Waals surface area contributed by atoms with E-state index in [0.717, 1.165) is 29.7 Å². The summed E-state index contributed by atoms with van der Waals surface area (Å²) in [6, 6.07) is 10.7. The van der Waals surface area contributed by atoms with E-state index in [1.165, 1.54) is 50.6 Å². The van der Waals surface area contributed by atoms with Gasteiger partial charge in [-0.2, -0.15) is 0 Å². The minimum atomic E-state index is 0.738. The molecule has 2 unspecified atom stereocenters. The van der Waals surface area contributed by atoms with Gasteiger partial charge in [-0.3, -0.25) is 4.90 Å². The lowest BCUT2D eigenvalue weighted by atomic mass is 9.81. The molecule has 1 aromatic carbocycles. The molecule has 0 saturated carbocycles. The largest absolute Gasteiger partial charge is 0.314 e. The number of hydrogen-bond donors (Lipinski definition) is 1. The van der Waals surface area contributed by atoms with E-state index >= 15 is 0 Å². The van der Waals surface area contributed by atoms with Crippen molar-refractivity contribution in [2.24, 2.45) is 0 Å². The molecule has 0 aliphatic carbocycles. The zero-order valence-electron chi connectivity index (χ0n) is 13.0. The maximum absolute atomic E-state index is 6.00. The Morgan fingerprint density at radius 1 is 1.14 bits per heavy atom. The molecule has 1 aromatic rings. The third-order valence-corrected chi connectivity index (χ3v) is 5.34. The maximum atomic E-state index is 6.00. The molecule has 3 heteroatoms. The Bertz CT molecular complexity index is 431. The van der Waals surface area contributed by atoms with Crippen molar-refractivity contribution in [2.45, 2.75) is 70.1 Å². The second kappa shape index (κ2) is 7.13. The van der Waals surface area contributed by atoms with Gasteiger partial charge < -0.3 is 5.32 Å². The highest BCUT2D eigenvalue weighted by molar-refractivity contribution is 6.30. The molecule has 2 nitrogen and oxygen atoms in total. The summed E-state index contributed by atoms with van der Waals surface area (Å²) >= 11 is 6.00. The van der Waals surface area contributed by atoms with Crippen molar-refractivity contribution >= 4 is 11.6 Å². The van der Waals surface area contributed by atoms with Gasteiger partial charge in [-0.15, -0.1) is 0 Å². The van der Waals surface area contributed by atoms with Gasteiger partial charge in [0.1, 0.15) is 0 Å². The molecule has 2 heterocycles. The van der Waals surface area contributed by atoms with Crippen LogP contribution >= 0.6 is 11.6 Å². The van der Waals surface area contributed by atoms with E-state index in [2.05, 4.69) is 29.3 Å². The second-order valence-corrected chi connectivity index (χ2v) is 7.10. The minimum absolute atomic E-state index is 0.738. The summed E-state index contributed by atoms with van der Waals surface area (Å²) < 4.78 is 0. The van der Waals surface area contributed by atoms with Crippen LogP contribution in [0.3, 0.4) is 0 Å². The molecule has 2 atom stereocenters. The molecule has 116 valence electrons. The predicted octanol–water partition coefficient (Wildman–Crippen LogP) is 4.23. The number of nitrogens with zero attached hydrogens (tertiary/aromatic N) is 1. The minimum Gasteiger partial charge on any atom is -0.314 e. The standard InChI is InChI=1S/C18H27ClN2/c1-2-10-20-16-11-17-4-3-5-18(12-16)21(17)13-14-6-8-15(19)9-7-14/h6-9,16-18,20H,2-5,10-13H2,1H3. The van der Waals surface area contributed by atoms with E-state index in [1.54, 1.807) is 0 Å². The van der Waals surface area contributed by atoms with Gasteiger partial charge in [-0.05, 0) is 56.3 Å². The number of halogens is 1. The van der Waals surface area contributed by atoms with Crippen molar-refractivity contribution in [1.82, 2.24) is 10.2 Å². The summed E-state index contributed by atoms with van der Waals surface area (Å²) in [6.07, 6.45) is 8.03. The number of fused-ring (bicyclic) bond motifs is 2. The first-order valence-corrected chi connectivity index (χ1v) is 8.87. The molecular weight excluding hydrogens is 280 g/mol. The molecule has 3 rings (SSSR count). The smallest absolute Gasteiger partial charge is 0.0406 e. The fourth-order valence-corrected chi connectivity index (χ4v) is 4.18. The van der Waals surface area contributed by atoms with Crippen LogP contribution < -0.4 is 5.32 Å². The third kappa shape index (κ3) is 3.80. The number of nitrogens with one attached hydrogen (secondary N) is 1. The van der Waals surface area contributed by atoms with Gasteiger partial charge in [0.2, 0.25) is 0 Å². The summed E-state index contributed by atoms with van der Waals surface area (Å²) in [4.78, 5) is 2.76. The average Bonchev–Trinajstić information content (AvgIpc) is 2.47. The Morgan fingerprint density at radius 2 is 1.81 bits per heavy atom. The van der Waals surface area contributed by atoms with Crippen molar-refractivity contribution in [3.8, 4) is 0 Å². The van der Waals surface area contributed by atoms with Crippen molar-refractivity contribution in [2.75, 3.05) is 6.54 Å². The van der Waals surface area contributed by atoms with Gasteiger partial charge in [0.15, 0.2) is 0 Å². The van der Waals surface area contributed by atoms with E-state index < -0.39 is 0 Å². The van der Waals surface area contributed by atoms with E-state index in [1.807, 2.05) is 12.1 Å². The predicted molar refractivity (Wildman–Crippen MR) is 89.7 cm³/mol. The van der Waals surface area contributed by atoms with Crippen molar-refractivity contribution in [1.29, 1.82) is 0 Å². The Kier molecular flexibility index (Phi) is 5.20. The van der Waals surface area contributed by atoms with Gasteiger partial charge in [0.25, 0.3) is 0 Å². The molecule has 0 amide bonds. The normalized spacial score (nSPS) is 29.5. The SMILES string of the molecule is CCCNC1CC2CCCC(C1)N2Cc1ccc(Cl)cc1. The fourth-order valence-electron chi connectivity index (χ4n) is 4.05. The van der Waals surface area contributed by atoms with Crippen LogP contribution in [0.2, 0.25) is 5.02 Å². The van der Waals surface area contributed by atoms with Crippen LogP contribution in [0.25, 0.3) is 0 Å². The lowest BCUT2D eigenvalue weighted by molar-refractivity contribution is 0.0177. The van der Waals surface area contributed by atoms with Crippen LogP contribution in [-0.2, 0) is 6.54 Å². The van der Waals surface area contributed by atoms with Gasteiger partial charge in [-0.1, -0.05) is 37.1 Å². The number of rotatable bonds is 5. The monoisotopic (exact) mass is 306 g/mol. The van der Waals surface area contributed by atoms with Crippen molar-refractivity contribution in [3.63, 3.8) is 0 Å². The quantitative estimate of drug-likeness (QED) is 0.876. The fraction of sp³-hybridized carbons (Fsp3) is 0.667. The molecule has 21 heavy (non-hydrogen) atoms. The molecule has 0 spiro atoms. The van der Waals surface area contributed by atoms with Gasteiger partial charge in [0, 0.05) is 29.7 Å². The van der Waals surface area contributed by atoms with Gasteiger partial charge >= 0.3 is 0 Å². The van der Waals surface area contributed by atoms with Crippen molar-refractivity contribution in [3.05, 3.63) is 34.9 Å². The highest BCUT2D eigenvalue weighted by Crippen LogP contribution is 2.35. The van der Waals surface area contributed by atoms with Crippen LogP contribution in [0, 0.1) is 0 Å². The van der Waals surface area contributed by atoms with E-state index in [-0.39, 0.29) is 0 Å². The van der Waals surface area contributed by atoms with Gasteiger partial charge in [0.05, 0.1) is 0 Å². The molecule has 2 aliphatic heterocycles. The van der Waals surface area contributed by atoms with E-state index in [4.69, 9.17) is 11.6 Å². The third-order valence-electron chi connectivity index (χ3n) is 5.09. The van der Waals surface area contributed by atoms with Gasteiger partial charge in [-0.25, -0.2) is 0 Å². The molecule has 2 bridgehead atoms. The first kappa shape index (κ1) is 15.3. The zero-order chi connectivity index (χ0) is 14.7. The molecule has 2 aliphatic rings. The molecule has 2 saturated heterocycles. The number of benzene rings is 1. The highest BCUT2D eigenvalue weighted by Gasteiger charge is 2.37. The number of piperidine rings is 2. The van der Waals surface area contributed by atoms with Crippen LogP contribution in [0.4, 0.5) is 0 Å². The van der Waals surface area contributed by atoms with Crippen LogP contribution in [0.5, 0.6) is 0 Å². The Balaban J connectivity index is 1.64.